The number of aromatic amines is 1. The molecule has 22 heavy (non-hydrogen) atoms. The van der Waals surface area contributed by atoms with E-state index in [1.54, 1.807) is 6.33 Å². The number of rotatable bonds is 3. The van der Waals surface area contributed by atoms with Gasteiger partial charge < -0.3 is 4.98 Å². The normalized spacial score (nSPS) is 19.8. The van der Waals surface area contributed by atoms with Crippen LogP contribution >= 0.6 is 0 Å². The Morgan fingerprint density at radius 3 is 3.18 bits per heavy atom. The van der Waals surface area contributed by atoms with E-state index in [2.05, 4.69) is 33.0 Å². The van der Waals surface area contributed by atoms with Crippen molar-refractivity contribution in [1.29, 1.82) is 0 Å². The first kappa shape index (κ1) is 13.5. The summed E-state index contributed by atoms with van der Waals surface area (Å²) in [6.07, 6.45) is 9.13. The average molecular weight is 296 g/mol. The lowest BCUT2D eigenvalue weighted by molar-refractivity contribution is 0.136. The quantitative estimate of drug-likeness (QED) is 0.806. The zero-order valence-corrected chi connectivity index (χ0v) is 12.7. The highest BCUT2D eigenvalue weighted by Crippen LogP contribution is 2.31. The molecule has 4 heterocycles. The summed E-state index contributed by atoms with van der Waals surface area (Å²) in [6.45, 7) is 4.10. The molecule has 114 valence electrons. The van der Waals surface area contributed by atoms with E-state index in [4.69, 9.17) is 4.98 Å². The second-order valence-corrected chi connectivity index (χ2v) is 5.98. The molecule has 0 aromatic carbocycles. The number of aryl methyl sites for hydroxylation is 1. The van der Waals surface area contributed by atoms with Crippen molar-refractivity contribution < 1.29 is 0 Å². The van der Waals surface area contributed by atoms with Crippen LogP contribution in [-0.4, -0.2) is 36.0 Å². The fourth-order valence-corrected chi connectivity index (χ4v) is 3.37. The first-order valence-electron chi connectivity index (χ1n) is 7.84. The molecule has 0 unspecified atom stereocenters. The predicted molar refractivity (Wildman–Crippen MR) is 83.3 cm³/mol. The molecule has 4 rings (SSSR count). The van der Waals surface area contributed by atoms with Gasteiger partial charge in [-0.05, 0) is 32.4 Å². The van der Waals surface area contributed by atoms with Gasteiger partial charge in [-0.1, -0.05) is 6.42 Å². The Bertz CT molecular complexity index is 760. The average Bonchev–Trinajstić information content (AvgIpc) is 3.19. The number of aromatic nitrogens is 5. The van der Waals surface area contributed by atoms with Gasteiger partial charge >= 0.3 is 0 Å². The summed E-state index contributed by atoms with van der Waals surface area (Å²) in [7, 11) is 0. The molecule has 1 N–H and O–H groups in total. The van der Waals surface area contributed by atoms with Crippen LogP contribution in [-0.2, 0) is 6.54 Å². The number of hydrogen-bond acceptors (Lipinski definition) is 4. The maximum Gasteiger partial charge on any atom is 0.155 e. The van der Waals surface area contributed by atoms with Crippen LogP contribution in [0.2, 0.25) is 0 Å². The zero-order chi connectivity index (χ0) is 14.9. The molecule has 1 saturated heterocycles. The second kappa shape index (κ2) is 5.53. The largest absolute Gasteiger partial charge is 0.347 e. The first-order valence-corrected chi connectivity index (χ1v) is 7.84. The van der Waals surface area contributed by atoms with Crippen LogP contribution in [0.3, 0.4) is 0 Å². The lowest BCUT2D eigenvalue weighted by Gasteiger charge is -2.35. The number of nitrogens with zero attached hydrogens (tertiary/aromatic N) is 5. The smallest absolute Gasteiger partial charge is 0.155 e. The third-order valence-corrected chi connectivity index (χ3v) is 4.44. The molecule has 1 atom stereocenters. The molecule has 3 aromatic heterocycles. The minimum absolute atomic E-state index is 0.371. The van der Waals surface area contributed by atoms with Gasteiger partial charge in [-0.3, -0.25) is 4.90 Å². The number of fused-ring (bicyclic) bond motifs is 1. The summed E-state index contributed by atoms with van der Waals surface area (Å²) in [5.41, 5.74) is 4.39. The lowest BCUT2D eigenvalue weighted by atomic mass is 9.98. The van der Waals surface area contributed by atoms with Crippen molar-refractivity contribution in [1.82, 2.24) is 29.5 Å². The Balaban J connectivity index is 1.67. The van der Waals surface area contributed by atoms with Gasteiger partial charge in [0.15, 0.2) is 5.65 Å². The number of hydrogen-bond donors (Lipinski definition) is 1. The molecule has 6 heteroatoms. The van der Waals surface area contributed by atoms with Crippen molar-refractivity contribution in [2.45, 2.75) is 38.8 Å². The fraction of sp³-hybridized carbons (Fsp3) is 0.438. The predicted octanol–water partition coefficient (Wildman–Crippen LogP) is 2.49. The van der Waals surface area contributed by atoms with E-state index in [1.807, 2.05) is 23.0 Å². The molecule has 1 fully saturated rings. The number of likely N-dealkylation sites (tertiary alicyclic amines) is 1. The molecule has 0 saturated carbocycles. The minimum atomic E-state index is 0.371. The summed E-state index contributed by atoms with van der Waals surface area (Å²) in [5.74, 6) is 0. The summed E-state index contributed by atoms with van der Waals surface area (Å²) in [6, 6.07) is 4.52. The third kappa shape index (κ3) is 2.39. The monoisotopic (exact) mass is 296 g/mol. The Morgan fingerprint density at radius 1 is 1.36 bits per heavy atom. The van der Waals surface area contributed by atoms with E-state index in [9.17, 15) is 0 Å². The molecule has 0 amide bonds. The van der Waals surface area contributed by atoms with Gasteiger partial charge in [0.2, 0.25) is 0 Å². The van der Waals surface area contributed by atoms with E-state index in [0.29, 0.717) is 6.04 Å². The van der Waals surface area contributed by atoms with Gasteiger partial charge in [0.1, 0.15) is 0 Å². The molecular formula is C16H20N6. The summed E-state index contributed by atoms with van der Waals surface area (Å²) in [4.78, 5) is 14.7. The molecule has 0 spiro atoms. The van der Waals surface area contributed by atoms with Gasteiger partial charge in [-0.25, -0.2) is 14.5 Å². The highest BCUT2D eigenvalue weighted by atomic mass is 15.3. The summed E-state index contributed by atoms with van der Waals surface area (Å²) < 4.78 is 1.89. The van der Waals surface area contributed by atoms with Crippen LogP contribution in [0.1, 0.15) is 42.4 Å². The van der Waals surface area contributed by atoms with E-state index >= 15 is 0 Å². The first-order chi connectivity index (χ1) is 10.8. The third-order valence-electron chi connectivity index (χ3n) is 4.44. The molecule has 6 nitrogen and oxygen atoms in total. The Kier molecular flexibility index (Phi) is 3.38. The molecule has 1 aliphatic rings. The van der Waals surface area contributed by atoms with Crippen molar-refractivity contribution >= 4 is 5.65 Å². The van der Waals surface area contributed by atoms with Crippen LogP contribution in [0.15, 0.2) is 30.9 Å². The Labute approximate surface area is 129 Å². The fourth-order valence-electron chi connectivity index (χ4n) is 3.37. The van der Waals surface area contributed by atoms with Crippen LogP contribution in [0.5, 0.6) is 0 Å². The van der Waals surface area contributed by atoms with Gasteiger partial charge in [-0.15, -0.1) is 0 Å². The van der Waals surface area contributed by atoms with Gasteiger partial charge in [0.25, 0.3) is 0 Å². The summed E-state index contributed by atoms with van der Waals surface area (Å²) >= 11 is 0. The van der Waals surface area contributed by atoms with E-state index in [0.717, 1.165) is 42.2 Å². The maximum atomic E-state index is 4.83. The van der Waals surface area contributed by atoms with Crippen LogP contribution in [0.25, 0.3) is 5.65 Å². The van der Waals surface area contributed by atoms with E-state index < -0.39 is 0 Å². The number of piperidine rings is 1. The number of imidazole rings is 1. The molecule has 1 aliphatic heterocycles. The van der Waals surface area contributed by atoms with Gasteiger partial charge in [0, 0.05) is 30.2 Å². The van der Waals surface area contributed by atoms with Crippen molar-refractivity contribution in [3.8, 4) is 0 Å². The number of H-pyrrole nitrogens is 1. The summed E-state index contributed by atoms with van der Waals surface area (Å²) in [5, 5.41) is 4.31. The highest BCUT2D eigenvalue weighted by molar-refractivity contribution is 5.39. The zero-order valence-electron chi connectivity index (χ0n) is 12.7. The van der Waals surface area contributed by atoms with Crippen molar-refractivity contribution in [3.05, 3.63) is 47.9 Å². The van der Waals surface area contributed by atoms with Crippen LogP contribution in [0, 0.1) is 6.92 Å². The molecule has 3 aromatic rings. The number of nitrogens with one attached hydrogen (secondary N) is 1. The van der Waals surface area contributed by atoms with Crippen molar-refractivity contribution in [3.63, 3.8) is 0 Å². The van der Waals surface area contributed by atoms with E-state index in [1.165, 1.54) is 12.8 Å². The van der Waals surface area contributed by atoms with Crippen molar-refractivity contribution in [2.24, 2.45) is 0 Å². The van der Waals surface area contributed by atoms with Crippen LogP contribution in [0.4, 0.5) is 0 Å². The standard InChI is InChI=1S/C16H20N6/c1-12-8-14(20-16-5-6-19-22(12)16)15-4-2-3-7-21(15)10-13-9-17-11-18-13/h5-6,8-9,11,15H,2-4,7,10H2,1H3,(H,17,18)/t15-/m0/s1. The topological polar surface area (TPSA) is 62.1 Å². The van der Waals surface area contributed by atoms with Gasteiger partial charge in [0.05, 0.1) is 24.3 Å². The second-order valence-electron chi connectivity index (χ2n) is 5.98. The highest BCUT2D eigenvalue weighted by Gasteiger charge is 2.26. The van der Waals surface area contributed by atoms with E-state index in [-0.39, 0.29) is 0 Å². The molecule has 0 bridgehead atoms. The molecular weight excluding hydrogens is 276 g/mol. The Morgan fingerprint density at radius 2 is 2.32 bits per heavy atom. The lowest BCUT2D eigenvalue weighted by Crippen LogP contribution is -2.33. The van der Waals surface area contributed by atoms with Crippen LogP contribution < -0.4 is 0 Å². The SMILES string of the molecule is Cc1cc([C@@H]2CCCCN2Cc2cnc[nH]2)nc2ccnn12. The van der Waals surface area contributed by atoms with Crippen molar-refractivity contribution in [2.75, 3.05) is 6.54 Å². The minimum Gasteiger partial charge on any atom is -0.347 e. The maximum absolute atomic E-state index is 4.83. The van der Waals surface area contributed by atoms with Gasteiger partial charge in [-0.2, -0.15) is 5.10 Å². The molecule has 0 radical (unpaired) electrons. The molecule has 0 aliphatic carbocycles. The Hall–Kier alpha value is -2.21.